The summed E-state index contributed by atoms with van der Waals surface area (Å²) in [6, 6.07) is 9.75. The second-order valence-corrected chi connectivity index (χ2v) is 5.51. The average molecular weight is 337 g/mol. The van der Waals surface area contributed by atoms with Crippen molar-refractivity contribution >= 4 is 11.6 Å². The number of carbonyl (C=O) groups excluding carboxylic acids is 1. The summed E-state index contributed by atoms with van der Waals surface area (Å²) in [5.41, 5.74) is 0.604. The molecule has 0 bridgehead atoms. The van der Waals surface area contributed by atoms with Crippen LogP contribution < -0.4 is 9.64 Å². The molecule has 0 saturated heterocycles. The molecule has 3 rings (SSSR count). The molecule has 1 N–H and O–H groups in total. The first-order valence-corrected chi connectivity index (χ1v) is 7.24. The van der Waals surface area contributed by atoms with Gasteiger partial charge in [-0.2, -0.15) is 8.78 Å². The Bertz CT molecular complexity index is 792. The highest BCUT2D eigenvalue weighted by molar-refractivity contribution is 6.01. The number of aliphatic hydroxyl groups is 1. The maximum absolute atomic E-state index is 14.0. The molecule has 2 aromatic carbocycles. The van der Waals surface area contributed by atoms with E-state index >= 15 is 0 Å². The number of alkyl halides is 2. The number of carbonyl (C=O) groups is 1. The summed E-state index contributed by atoms with van der Waals surface area (Å²) in [5, 5.41) is 9.75. The highest BCUT2D eigenvalue weighted by atomic mass is 19.3. The van der Waals surface area contributed by atoms with E-state index in [0.29, 0.717) is 5.56 Å². The fraction of sp³-hybridized carbons (Fsp3) is 0.235. The summed E-state index contributed by atoms with van der Waals surface area (Å²) in [4.78, 5) is 12.9. The van der Waals surface area contributed by atoms with Crippen LogP contribution in [0.5, 0.6) is 5.75 Å². The SMILES string of the molecule is C[C@@H](O)c1cccc2c1OC(F)(F)C(=O)N2Cc1cccc(F)c1. The van der Waals surface area contributed by atoms with Crippen LogP contribution in [0, 0.1) is 5.82 Å². The molecule has 7 heteroatoms. The molecule has 1 aliphatic rings. The van der Waals surface area contributed by atoms with E-state index in [-0.39, 0.29) is 23.5 Å². The van der Waals surface area contributed by atoms with Gasteiger partial charge in [-0.05, 0) is 30.7 Å². The Morgan fingerprint density at radius 3 is 2.62 bits per heavy atom. The smallest absolute Gasteiger partial charge is 0.423 e. The maximum Gasteiger partial charge on any atom is 0.483 e. The first-order chi connectivity index (χ1) is 11.3. The Morgan fingerprint density at radius 2 is 1.96 bits per heavy atom. The van der Waals surface area contributed by atoms with Gasteiger partial charge in [-0.15, -0.1) is 0 Å². The average Bonchev–Trinajstić information content (AvgIpc) is 2.51. The van der Waals surface area contributed by atoms with Crippen LogP contribution in [-0.2, 0) is 11.3 Å². The van der Waals surface area contributed by atoms with E-state index in [1.54, 1.807) is 0 Å². The molecule has 0 aliphatic carbocycles. The molecular formula is C17H14F3NO3. The molecule has 1 aliphatic heterocycles. The molecule has 1 amide bonds. The van der Waals surface area contributed by atoms with Crippen molar-refractivity contribution in [3.8, 4) is 5.75 Å². The van der Waals surface area contributed by atoms with Crippen molar-refractivity contribution < 1.29 is 27.8 Å². The van der Waals surface area contributed by atoms with Crippen LogP contribution >= 0.6 is 0 Å². The highest BCUT2D eigenvalue weighted by Crippen LogP contribution is 2.44. The molecule has 4 nitrogen and oxygen atoms in total. The number of para-hydroxylation sites is 1. The number of anilines is 1. The van der Waals surface area contributed by atoms with E-state index in [9.17, 15) is 23.1 Å². The molecule has 0 radical (unpaired) electrons. The summed E-state index contributed by atoms with van der Waals surface area (Å²) in [6.45, 7) is 1.16. The Labute approximate surface area is 136 Å². The lowest BCUT2D eigenvalue weighted by Crippen LogP contribution is -2.50. The second kappa shape index (κ2) is 5.83. The van der Waals surface area contributed by atoms with Crippen molar-refractivity contribution in [2.24, 2.45) is 0 Å². The molecule has 2 aromatic rings. The summed E-state index contributed by atoms with van der Waals surface area (Å²) < 4.78 is 45.9. The van der Waals surface area contributed by atoms with Crippen molar-refractivity contribution in [3.05, 3.63) is 59.4 Å². The Hall–Kier alpha value is -2.54. The molecule has 0 saturated carbocycles. The van der Waals surface area contributed by atoms with Gasteiger partial charge in [0, 0.05) is 5.56 Å². The molecule has 1 heterocycles. The standard InChI is InChI=1S/C17H14F3NO3/c1-10(22)13-6-3-7-14-15(13)24-17(19,20)16(23)21(14)9-11-4-2-5-12(18)8-11/h2-8,10,22H,9H2,1H3/t10-/m1/s1. The second-order valence-electron chi connectivity index (χ2n) is 5.51. The summed E-state index contributed by atoms with van der Waals surface area (Å²) in [5.74, 6) is -2.33. The molecule has 0 aromatic heterocycles. The van der Waals surface area contributed by atoms with E-state index in [4.69, 9.17) is 0 Å². The molecule has 0 unspecified atom stereocenters. The van der Waals surface area contributed by atoms with Crippen molar-refractivity contribution in [1.29, 1.82) is 0 Å². The number of hydrogen-bond acceptors (Lipinski definition) is 3. The van der Waals surface area contributed by atoms with Gasteiger partial charge in [-0.25, -0.2) is 4.39 Å². The third-order valence-electron chi connectivity index (χ3n) is 3.72. The lowest BCUT2D eigenvalue weighted by atomic mass is 10.1. The quantitative estimate of drug-likeness (QED) is 0.934. The van der Waals surface area contributed by atoms with Crippen molar-refractivity contribution in [2.45, 2.75) is 25.7 Å². The van der Waals surface area contributed by atoms with Crippen LogP contribution in [0.2, 0.25) is 0 Å². The van der Waals surface area contributed by atoms with E-state index in [0.717, 1.165) is 4.90 Å². The zero-order chi connectivity index (χ0) is 17.5. The van der Waals surface area contributed by atoms with Crippen LogP contribution in [0.1, 0.15) is 24.2 Å². The first-order valence-electron chi connectivity index (χ1n) is 7.24. The zero-order valence-corrected chi connectivity index (χ0v) is 12.7. The minimum atomic E-state index is -4.06. The lowest BCUT2D eigenvalue weighted by molar-refractivity contribution is -0.193. The number of aliphatic hydroxyl groups excluding tert-OH is 1. The number of rotatable bonds is 3. The van der Waals surface area contributed by atoms with E-state index in [1.807, 2.05) is 0 Å². The topological polar surface area (TPSA) is 49.8 Å². The fourth-order valence-corrected chi connectivity index (χ4v) is 2.61. The summed E-state index contributed by atoms with van der Waals surface area (Å²) in [6.07, 6.45) is -5.12. The van der Waals surface area contributed by atoms with Gasteiger partial charge >= 0.3 is 12.0 Å². The molecule has 0 spiro atoms. The Balaban J connectivity index is 2.09. The van der Waals surface area contributed by atoms with Gasteiger partial charge in [0.1, 0.15) is 5.82 Å². The minimum Gasteiger partial charge on any atom is -0.423 e. The lowest BCUT2D eigenvalue weighted by Gasteiger charge is -2.35. The number of hydrogen-bond donors (Lipinski definition) is 1. The largest absolute Gasteiger partial charge is 0.483 e. The summed E-state index contributed by atoms with van der Waals surface area (Å²) in [7, 11) is 0. The number of amides is 1. The molecular weight excluding hydrogens is 323 g/mol. The monoisotopic (exact) mass is 337 g/mol. The first kappa shape index (κ1) is 16.3. The van der Waals surface area contributed by atoms with Crippen LogP contribution in [0.15, 0.2) is 42.5 Å². The van der Waals surface area contributed by atoms with Gasteiger partial charge in [0.05, 0.1) is 18.3 Å². The molecule has 24 heavy (non-hydrogen) atoms. The van der Waals surface area contributed by atoms with Gasteiger partial charge < -0.3 is 9.84 Å². The van der Waals surface area contributed by atoms with Crippen molar-refractivity contribution in [1.82, 2.24) is 0 Å². The van der Waals surface area contributed by atoms with Gasteiger partial charge in [-0.3, -0.25) is 9.69 Å². The highest BCUT2D eigenvalue weighted by Gasteiger charge is 2.51. The van der Waals surface area contributed by atoms with Crippen molar-refractivity contribution in [2.75, 3.05) is 4.90 Å². The van der Waals surface area contributed by atoms with Gasteiger partial charge in [-0.1, -0.05) is 24.3 Å². The fourth-order valence-electron chi connectivity index (χ4n) is 2.61. The Kier molecular flexibility index (Phi) is 3.96. The number of benzene rings is 2. The predicted octanol–water partition coefficient (Wildman–Crippen LogP) is 3.40. The molecule has 1 atom stereocenters. The van der Waals surface area contributed by atoms with Crippen molar-refractivity contribution in [3.63, 3.8) is 0 Å². The number of halogens is 3. The van der Waals surface area contributed by atoms with Crippen LogP contribution in [0.4, 0.5) is 18.9 Å². The predicted molar refractivity (Wildman–Crippen MR) is 80.2 cm³/mol. The normalized spacial score (nSPS) is 17.2. The van der Waals surface area contributed by atoms with Crippen LogP contribution in [0.25, 0.3) is 0 Å². The van der Waals surface area contributed by atoms with E-state index in [2.05, 4.69) is 4.74 Å². The van der Waals surface area contributed by atoms with Gasteiger partial charge in [0.2, 0.25) is 0 Å². The summed E-state index contributed by atoms with van der Waals surface area (Å²) >= 11 is 0. The van der Waals surface area contributed by atoms with Crippen LogP contribution in [-0.4, -0.2) is 17.1 Å². The van der Waals surface area contributed by atoms with E-state index < -0.39 is 23.9 Å². The Morgan fingerprint density at radius 1 is 1.25 bits per heavy atom. The molecule has 0 fully saturated rings. The number of ether oxygens (including phenoxy) is 1. The molecule has 126 valence electrons. The minimum absolute atomic E-state index is 0.105. The zero-order valence-electron chi connectivity index (χ0n) is 12.7. The maximum atomic E-state index is 14.0. The number of nitrogens with zero attached hydrogens (tertiary/aromatic N) is 1. The van der Waals surface area contributed by atoms with Crippen LogP contribution in [0.3, 0.4) is 0 Å². The van der Waals surface area contributed by atoms with Gasteiger partial charge in [0.25, 0.3) is 0 Å². The van der Waals surface area contributed by atoms with E-state index in [1.165, 1.54) is 49.4 Å². The third-order valence-corrected chi connectivity index (χ3v) is 3.72. The number of fused-ring (bicyclic) bond motifs is 1. The van der Waals surface area contributed by atoms with Gasteiger partial charge in [0.15, 0.2) is 5.75 Å². The third kappa shape index (κ3) is 2.82.